The highest BCUT2D eigenvalue weighted by molar-refractivity contribution is 6.74. The van der Waals surface area contributed by atoms with Crippen LogP contribution in [0.25, 0.3) is 0 Å². The van der Waals surface area contributed by atoms with Gasteiger partial charge in [0.05, 0.1) is 13.2 Å². The molecule has 1 fully saturated rings. The first-order valence-corrected chi connectivity index (χ1v) is 14.7. The topological polar surface area (TPSA) is 31.0 Å². The van der Waals surface area contributed by atoms with Crippen LogP contribution in [0.3, 0.4) is 0 Å². The summed E-state index contributed by atoms with van der Waals surface area (Å²) in [6, 6.07) is 31.4. The van der Waals surface area contributed by atoms with E-state index in [1.807, 2.05) is 18.2 Å². The minimum Gasteiger partial charge on any atom is -0.414 e. The van der Waals surface area contributed by atoms with Crippen LogP contribution in [0.15, 0.2) is 91.0 Å². The highest BCUT2D eigenvalue weighted by atomic mass is 28.4. The average Bonchev–Trinajstić information content (AvgIpc) is 3.58. The predicted octanol–water partition coefficient (Wildman–Crippen LogP) is 6.78. The molecule has 0 radical (unpaired) electrons. The third kappa shape index (κ3) is 5.14. The molecule has 1 aliphatic heterocycles. The summed E-state index contributed by atoms with van der Waals surface area (Å²) in [6.07, 6.45) is 0.143. The van der Waals surface area contributed by atoms with Crippen LogP contribution >= 0.6 is 0 Å². The maximum atomic E-state index is 6.87. The van der Waals surface area contributed by atoms with E-state index in [-0.39, 0.29) is 17.2 Å². The first-order chi connectivity index (χ1) is 15.7. The minimum absolute atomic E-state index is 0.0466. The fourth-order valence-electron chi connectivity index (χ4n) is 3.96. The molecule has 0 amide bonds. The third-order valence-electron chi connectivity index (χ3n) is 7.11. The summed E-state index contributed by atoms with van der Waals surface area (Å²) >= 11 is 0. The van der Waals surface area contributed by atoms with Gasteiger partial charge in [-0.15, -0.1) is 0 Å². The zero-order chi connectivity index (χ0) is 23.5. The smallest absolute Gasteiger partial charge is 0.192 e. The predicted molar refractivity (Wildman–Crippen MR) is 137 cm³/mol. The van der Waals surface area contributed by atoms with Crippen molar-refractivity contribution in [2.75, 3.05) is 13.2 Å². The zero-order valence-corrected chi connectivity index (χ0v) is 21.5. The quantitative estimate of drug-likeness (QED) is 0.200. The van der Waals surface area contributed by atoms with E-state index in [0.29, 0.717) is 13.2 Å². The van der Waals surface area contributed by atoms with E-state index in [2.05, 4.69) is 107 Å². The minimum atomic E-state index is -1.80. The number of ether oxygens (including phenoxy) is 2. The van der Waals surface area contributed by atoms with Crippen LogP contribution in [0.1, 0.15) is 37.5 Å². The molecule has 4 rings (SSSR count). The van der Waals surface area contributed by atoms with E-state index in [0.717, 1.165) is 16.7 Å². The molecule has 1 saturated heterocycles. The van der Waals surface area contributed by atoms with Gasteiger partial charge in [0.15, 0.2) is 8.32 Å². The molecule has 3 aromatic rings. The van der Waals surface area contributed by atoms with Gasteiger partial charge in [-0.25, -0.2) is 0 Å². The molecule has 2 atom stereocenters. The molecule has 1 heterocycles. The van der Waals surface area contributed by atoms with Crippen LogP contribution in [-0.2, 0) is 19.5 Å². The second-order valence-electron chi connectivity index (χ2n) is 10.4. The fourth-order valence-corrected chi connectivity index (χ4v) is 4.97. The van der Waals surface area contributed by atoms with Crippen LogP contribution in [0.4, 0.5) is 0 Å². The lowest BCUT2D eigenvalue weighted by molar-refractivity contribution is 0.00425. The van der Waals surface area contributed by atoms with E-state index >= 15 is 0 Å². The van der Waals surface area contributed by atoms with Gasteiger partial charge >= 0.3 is 0 Å². The molecular formula is C29H36O3Si. The normalized spacial score (nSPS) is 18.8. The van der Waals surface area contributed by atoms with Crippen molar-refractivity contribution in [2.24, 2.45) is 0 Å². The monoisotopic (exact) mass is 460 g/mol. The second kappa shape index (κ2) is 9.55. The summed E-state index contributed by atoms with van der Waals surface area (Å²) in [5.41, 5.74) is 2.62. The maximum Gasteiger partial charge on any atom is 0.192 e. The van der Waals surface area contributed by atoms with E-state index in [1.54, 1.807) is 0 Å². The van der Waals surface area contributed by atoms with Crippen molar-refractivity contribution in [3.63, 3.8) is 0 Å². The molecule has 0 unspecified atom stereocenters. The Bertz CT molecular complexity index is 916. The largest absolute Gasteiger partial charge is 0.414 e. The van der Waals surface area contributed by atoms with Crippen LogP contribution in [0.5, 0.6) is 0 Å². The molecule has 33 heavy (non-hydrogen) atoms. The zero-order valence-electron chi connectivity index (χ0n) is 20.5. The average molecular weight is 461 g/mol. The van der Waals surface area contributed by atoms with Gasteiger partial charge in [0, 0.05) is 0 Å². The molecule has 0 aromatic heterocycles. The van der Waals surface area contributed by atoms with Crippen LogP contribution in [0.2, 0.25) is 18.1 Å². The number of benzene rings is 3. The molecular weight excluding hydrogens is 424 g/mol. The number of rotatable bonds is 9. The van der Waals surface area contributed by atoms with E-state index in [4.69, 9.17) is 13.9 Å². The van der Waals surface area contributed by atoms with Crippen molar-refractivity contribution < 1.29 is 13.9 Å². The molecule has 0 spiro atoms. The van der Waals surface area contributed by atoms with Crippen LogP contribution in [0, 0.1) is 0 Å². The first kappa shape index (κ1) is 23.9. The van der Waals surface area contributed by atoms with Gasteiger partial charge in [0.2, 0.25) is 0 Å². The molecule has 3 nitrogen and oxygen atoms in total. The molecule has 1 aliphatic rings. The standard InChI is InChI=1S/C29H36O3Si/c1-28(2,3)33(4,5)31-22-27-26(32-27)21-30-29(23-15-9-6-10-16-23,24-17-11-7-12-18-24)25-19-13-8-14-20-25/h6-20,26-27H,21-22H2,1-5H3/t26-,27+/m0/s1. The van der Waals surface area contributed by atoms with Gasteiger partial charge in [-0.1, -0.05) is 112 Å². The van der Waals surface area contributed by atoms with Gasteiger partial charge in [-0.3, -0.25) is 0 Å². The van der Waals surface area contributed by atoms with E-state index in [9.17, 15) is 0 Å². The summed E-state index contributed by atoms with van der Waals surface area (Å²) in [5, 5.41) is 0.191. The van der Waals surface area contributed by atoms with Crippen molar-refractivity contribution in [3.05, 3.63) is 108 Å². The Morgan fingerprint density at radius 2 is 1.06 bits per heavy atom. The summed E-state index contributed by atoms with van der Waals surface area (Å²) in [4.78, 5) is 0. The molecule has 0 N–H and O–H groups in total. The van der Waals surface area contributed by atoms with Crippen LogP contribution in [-0.4, -0.2) is 33.7 Å². The Kier molecular flexibility index (Phi) is 6.92. The lowest BCUT2D eigenvalue weighted by Crippen LogP contribution is -2.42. The molecule has 0 aliphatic carbocycles. The molecule has 4 heteroatoms. The number of hydrogen-bond acceptors (Lipinski definition) is 3. The summed E-state index contributed by atoms with van der Waals surface area (Å²) in [6.45, 7) is 12.5. The highest BCUT2D eigenvalue weighted by Gasteiger charge is 2.46. The molecule has 174 valence electrons. The molecule has 0 saturated carbocycles. The molecule has 3 aromatic carbocycles. The summed E-state index contributed by atoms with van der Waals surface area (Å²) < 4.78 is 19.3. The van der Waals surface area contributed by atoms with Crippen molar-refractivity contribution >= 4 is 8.32 Å². The van der Waals surface area contributed by atoms with Gasteiger partial charge in [0.25, 0.3) is 0 Å². The Labute approximate surface area is 199 Å². The van der Waals surface area contributed by atoms with Crippen LogP contribution < -0.4 is 0 Å². The third-order valence-corrected chi connectivity index (χ3v) is 11.6. The Morgan fingerprint density at radius 3 is 1.45 bits per heavy atom. The Morgan fingerprint density at radius 1 is 0.667 bits per heavy atom. The lowest BCUT2D eigenvalue weighted by Gasteiger charge is -2.36. The SMILES string of the molecule is CC(C)(C)[Si](C)(C)OC[C@H]1O[C@H]1COC(c1ccccc1)(c1ccccc1)c1ccccc1. The summed E-state index contributed by atoms with van der Waals surface area (Å²) in [7, 11) is -1.80. The summed E-state index contributed by atoms with van der Waals surface area (Å²) in [5.74, 6) is 0. The number of hydrogen-bond donors (Lipinski definition) is 0. The second-order valence-corrected chi connectivity index (χ2v) is 15.2. The van der Waals surface area contributed by atoms with E-state index in [1.165, 1.54) is 0 Å². The lowest BCUT2D eigenvalue weighted by atomic mass is 9.80. The molecule has 0 bridgehead atoms. The maximum absolute atomic E-state index is 6.87. The van der Waals surface area contributed by atoms with Crippen molar-refractivity contribution in [1.82, 2.24) is 0 Å². The van der Waals surface area contributed by atoms with Gasteiger partial charge in [-0.2, -0.15) is 0 Å². The van der Waals surface area contributed by atoms with Crippen molar-refractivity contribution in [1.29, 1.82) is 0 Å². The Balaban J connectivity index is 1.57. The first-order valence-electron chi connectivity index (χ1n) is 11.8. The Hall–Kier alpha value is -2.24. The van der Waals surface area contributed by atoms with Crippen molar-refractivity contribution in [2.45, 2.75) is 56.7 Å². The highest BCUT2D eigenvalue weighted by Crippen LogP contribution is 2.42. The van der Waals surface area contributed by atoms with Gasteiger partial charge in [-0.05, 0) is 34.8 Å². The fraction of sp³-hybridized carbons (Fsp3) is 0.379. The van der Waals surface area contributed by atoms with Gasteiger partial charge in [0.1, 0.15) is 17.8 Å². The van der Waals surface area contributed by atoms with E-state index < -0.39 is 13.9 Å². The van der Waals surface area contributed by atoms with Gasteiger partial charge < -0.3 is 13.9 Å². The number of epoxide rings is 1. The van der Waals surface area contributed by atoms with Crippen molar-refractivity contribution in [3.8, 4) is 0 Å².